The first-order chi connectivity index (χ1) is 11.8. The Morgan fingerprint density at radius 3 is 2.76 bits per heavy atom. The second kappa shape index (κ2) is 9.13. The lowest BCUT2D eigenvalue weighted by Crippen LogP contribution is -2.28. The lowest BCUT2D eigenvalue weighted by Gasteiger charge is -2.15. The second-order valence-corrected chi connectivity index (χ2v) is 7.66. The molecule has 0 radical (unpaired) electrons. The van der Waals surface area contributed by atoms with Crippen LogP contribution in [0.15, 0.2) is 34.8 Å². The summed E-state index contributed by atoms with van der Waals surface area (Å²) >= 11 is 11.4. The van der Waals surface area contributed by atoms with Crippen LogP contribution in [0, 0.1) is 9.39 Å². The van der Waals surface area contributed by atoms with Crippen molar-refractivity contribution in [3.8, 4) is 0 Å². The molecule has 0 heterocycles. The van der Waals surface area contributed by atoms with Crippen molar-refractivity contribution in [2.45, 2.75) is 13.0 Å². The number of anilines is 2. The zero-order valence-corrected chi connectivity index (χ0v) is 17.4. The van der Waals surface area contributed by atoms with E-state index in [1.807, 2.05) is 6.07 Å². The number of carbonyl (C=O) groups is 1. The highest BCUT2D eigenvalue weighted by molar-refractivity contribution is 14.1. The number of nitrogens with one attached hydrogen (secondary N) is 2. The maximum Gasteiger partial charge on any atom is 0.276 e. The summed E-state index contributed by atoms with van der Waals surface area (Å²) in [5.41, 5.74) is 3.11. The van der Waals surface area contributed by atoms with Crippen molar-refractivity contribution in [3.05, 3.63) is 54.8 Å². The van der Waals surface area contributed by atoms with Crippen molar-refractivity contribution >= 4 is 67.4 Å². The number of carbonyl (C=O) groups excluding carboxylic acids is 1. The average molecular weight is 544 g/mol. The van der Waals surface area contributed by atoms with Gasteiger partial charge in [-0.25, -0.2) is 9.87 Å². The predicted octanol–water partition coefficient (Wildman–Crippen LogP) is 4.63. The fraction of sp³-hybridized carbons (Fsp3) is 0.188. The Balaban J connectivity index is 2.30. The number of halogens is 4. The van der Waals surface area contributed by atoms with Crippen molar-refractivity contribution in [1.82, 2.24) is 5.48 Å². The Hall–Kier alpha value is -0.940. The molecule has 2 aromatic rings. The number of hydrogen-bond acceptors (Lipinski definition) is 4. The standard InChI is InChI=1S/C16H14BrClFIN2O3/c1-8(23)7-25-22-16(24)10-5-11(17)13(19)6-15(10)21-14-3-2-9(20)4-12(14)18/h2-6,8,21,23H,7H2,1H3,(H,22,24). The van der Waals surface area contributed by atoms with Gasteiger partial charge in [0.2, 0.25) is 0 Å². The molecule has 1 amide bonds. The molecule has 0 saturated heterocycles. The monoisotopic (exact) mass is 542 g/mol. The van der Waals surface area contributed by atoms with Gasteiger partial charge in [-0.05, 0) is 75.8 Å². The van der Waals surface area contributed by atoms with Crippen molar-refractivity contribution in [1.29, 1.82) is 0 Å². The van der Waals surface area contributed by atoms with E-state index in [1.165, 1.54) is 19.1 Å². The molecule has 9 heteroatoms. The summed E-state index contributed by atoms with van der Waals surface area (Å²) in [6, 6.07) is 7.82. The van der Waals surface area contributed by atoms with Crippen LogP contribution in [0.4, 0.5) is 15.8 Å². The first-order valence-corrected chi connectivity index (χ1v) is 9.34. The zero-order chi connectivity index (χ0) is 18.6. The van der Waals surface area contributed by atoms with E-state index in [0.29, 0.717) is 10.7 Å². The Morgan fingerprint density at radius 2 is 2.12 bits per heavy atom. The third-order valence-corrected chi connectivity index (χ3v) is 4.59. The van der Waals surface area contributed by atoms with Crippen LogP contribution in [-0.2, 0) is 4.84 Å². The number of hydrogen-bond donors (Lipinski definition) is 3. The molecule has 0 aromatic heterocycles. The summed E-state index contributed by atoms with van der Waals surface area (Å²) in [7, 11) is 0. The highest BCUT2D eigenvalue weighted by Gasteiger charge is 2.17. The van der Waals surface area contributed by atoms with E-state index >= 15 is 0 Å². The fourth-order valence-corrected chi connectivity index (χ4v) is 3.10. The van der Waals surface area contributed by atoms with Gasteiger partial charge >= 0.3 is 0 Å². The molecule has 2 rings (SSSR count). The van der Waals surface area contributed by atoms with Crippen molar-refractivity contribution in [2.24, 2.45) is 0 Å². The third-order valence-electron chi connectivity index (χ3n) is 2.99. The molecule has 0 bridgehead atoms. The van der Waals surface area contributed by atoms with E-state index in [-0.39, 0.29) is 22.3 Å². The number of aliphatic hydroxyl groups is 1. The molecule has 0 aliphatic carbocycles. The summed E-state index contributed by atoms with van der Waals surface area (Å²) in [4.78, 5) is 17.2. The van der Waals surface area contributed by atoms with Gasteiger partial charge in [0.05, 0.1) is 32.5 Å². The molecule has 1 unspecified atom stereocenters. The van der Waals surface area contributed by atoms with E-state index in [0.717, 1.165) is 3.57 Å². The first kappa shape index (κ1) is 20.4. The molecular weight excluding hydrogens is 529 g/mol. The van der Waals surface area contributed by atoms with Crippen LogP contribution >= 0.6 is 50.1 Å². The van der Waals surface area contributed by atoms with Crippen LogP contribution in [0.25, 0.3) is 0 Å². The molecule has 134 valence electrons. The van der Waals surface area contributed by atoms with Crippen molar-refractivity contribution < 1.29 is 19.1 Å². The molecule has 0 fully saturated rings. The highest BCUT2D eigenvalue weighted by Crippen LogP contribution is 2.31. The fourth-order valence-electron chi connectivity index (χ4n) is 1.86. The van der Waals surface area contributed by atoms with E-state index in [2.05, 4.69) is 49.3 Å². The minimum absolute atomic E-state index is 0.0696. The normalized spacial score (nSPS) is 11.9. The van der Waals surface area contributed by atoms with E-state index in [4.69, 9.17) is 21.5 Å². The van der Waals surface area contributed by atoms with Gasteiger partial charge in [-0.3, -0.25) is 9.63 Å². The summed E-state index contributed by atoms with van der Waals surface area (Å²) < 4.78 is 15.0. The minimum atomic E-state index is -0.733. The van der Waals surface area contributed by atoms with Crippen LogP contribution in [-0.4, -0.2) is 23.7 Å². The van der Waals surface area contributed by atoms with Crippen LogP contribution in [0.3, 0.4) is 0 Å². The first-order valence-electron chi connectivity index (χ1n) is 7.09. The van der Waals surface area contributed by atoms with Gasteiger partial charge < -0.3 is 10.4 Å². The third kappa shape index (κ3) is 5.78. The van der Waals surface area contributed by atoms with Crippen LogP contribution in [0.5, 0.6) is 0 Å². The van der Waals surface area contributed by atoms with E-state index in [9.17, 15) is 9.18 Å². The molecule has 2 aromatic carbocycles. The van der Waals surface area contributed by atoms with Gasteiger partial charge in [-0.2, -0.15) is 0 Å². The predicted molar refractivity (Wildman–Crippen MR) is 107 cm³/mol. The van der Waals surface area contributed by atoms with Crippen LogP contribution in [0.1, 0.15) is 17.3 Å². The largest absolute Gasteiger partial charge is 0.391 e. The summed E-state index contributed by atoms with van der Waals surface area (Å²) in [5.74, 6) is -1.13. The summed E-state index contributed by atoms with van der Waals surface area (Å²) in [5, 5.41) is 12.5. The molecule has 0 spiro atoms. The smallest absolute Gasteiger partial charge is 0.276 e. The molecule has 0 aliphatic rings. The Labute approximate surface area is 171 Å². The molecule has 1 atom stereocenters. The highest BCUT2D eigenvalue weighted by atomic mass is 127. The number of aliphatic hydroxyl groups excluding tert-OH is 1. The number of amides is 1. The number of hydroxylamine groups is 1. The van der Waals surface area contributed by atoms with Gasteiger partial charge in [0.1, 0.15) is 12.4 Å². The van der Waals surface area contributed by atoms with Gasteiger partial charge in [0.25, 0.3) is 5.91 Å². The average Bonchev–Trinajstić information content (AvgIpc) is 2.52. The molecular formula is C16H14BrClFIN2O3. The summed E-state index contributed by atoms with van der Waals surface area (Å²) in [6.07, 6.45) is -0.733. The van der Waals surface area contributed by atoms with Crippen molar-refractivity contribution in [2.75, 3.05) is 11.9 Å². The summed E-state index contributed by atoms with van der Waals surface area (Å²) in [6.45, 7) is 1.45. The number of rotatable bonds is 6. The molecule has 3 N–H and O–H groups in total. The topological polar surface area (TPSA) is 70.6 Å². The lowest BCUT2D eigenvalue weighted by molar-refractivity contribution is -0.00683. The molecule has 25 heavy (non-hydrogen) atoms. The van der Waals surface area contributed by atoms with Gasteiger partial charge in [0, 0.05) is 3.57 Å². The van der Waals surface area contributed by atoms with Crippen molar-refractivity contribution in [3.63, 3.8) is 0 Å². The van der Waals surface area contributed by atoms with Gasteiger partial charge in [-0.1, -0.05) is 11.6 Å². The number of benzene rings is 2. The zero-order valence-electron chi connectivity index (χ0n) is 12.9. The molecule has 5 nitrogen and oxygen atoms in total. The van der Waals surface area contributed by atoms with Crippen LogP contribution in [0.2, 0.25) is 5.02 Å². The molecule has 0 saturated carbocycles. The maximum absolute atomic E-state index is 13.9. The quantitative estimate of drug-likeness (QED) is 0.367. The minimum Gasteiger partial charge on any atom is -0.391 e. The Kier molecular flexibility index (Phi) is 7.44. The van der Waals surface area contributed by atoms with E-state index < -0.39 is 17.8 Å². The molecule has 0 aliphatic heterocycles. The Bertz CT molecular complexity index is 792. The van der Waals surface area contributed by atoms with Gasteiger partial charge in [0.15, 0.2) is 0 Å². The van der Waals surface area contributed by atoms with E-state index in [1.54, 1.807) is 12.1 Å². The Morgan fingerprint density at radius 1 is 1.40 bits per heavy atom. The maximum atomic E-state index is 13.9. The SMILES string of the molecule is CC(O)CONC(=O)c1cc(Br)c(F)cc1Nc1ccc(I)cc1Cl. The van der Waals surface area contributed by atoms with Gasteiger partial charge in [-0.15, -0.1) is 0 Å². The van der Waals surface area contributed by atoms with Crippen LogP contribution < -0.4 is 10.8 Å². The lowest BCUT2D eigenvalue weighted by atomic mass is 10.1. The second-order valence-electron chi connectivity index (χ2n) is 5.15.